The number of aromatic hydroxyl groups is 1. The van der Waals surface area contributed by atoms with Crippen LogP contribution in [0.25, 0.3) is 28.4 Å². The standard InChI is InChI=1S/C30H20N4O3/c35-26-18-10-7-15-22(26)19-25-30(37)34(28(32-25)21-13-5-2-6-14-21)33-27(20-11-3-1-4-12-20)31-24-17-9-8-16-23(24)29(33)36/h1-19,35H/b25-19+. The monoisotopic (exact) mass is 484 g/mol. The molecule has 0 bridgehead atoms. The predicted molar refractivity (Wildman–Crippen MR) is 144 cm³/mol. The van der Waals surface area contributed by atoms with Crippen LogP contribution in [0.15, 0.2) is 125 Å². The van der Waals surface area contributed by atoms with Crippen molar-refractivity contribution in [3.63, 3.8) is 0 Å². The first-order valence-electron chi connectivity index (χ1n) is 11.7. The van der Waals surface area contributed by atoms with E-state index in [0.29, 0.717) is 33.4 Å². The van der Waals surface area contributed by atoms with Gasteiger partial charge >= 0.3 is 0 Å². The summed E-state index contributed by atoms with van der Waals surface area (Å²) in [6.07, 6.45) is 1.52. The third-order valence-electron chi connectivity index (χ3n) is 6.09. The van der Waals surface area contributed by atoms with Gasteiger partial charge in [-0.1, -0.05) is 91.0 Å². The van der Waals surface area contributed by atoms with Crippen LogP contribution in [0.4, 0.5) is 0 Å². The highest BCUT2D eigenvalue weighted by Crippen LogP contribution is 2.27. The first-order valence-corrected chi connectivity index (χ1v) is 11.7. The zero-order valence-electron chi connectivity index (χ0n) is 19.5. The maximum absolute atomic E-state index is 14.0. The molecule has 0 unspecified atom stereocenters. The van der Waals surface area contributed by atoms with Crippen LogP contribution in [0.3, 0.4) is 0 Å². The Bertz CT molecular complexity index is 1770. The number of aliphatic imine (C=N–C) groups is 1. The van der Waals surface area contributed by atoms with E-state index >= 15 is 0 Å². The van der Waals surface area contributed by atoms with Crippen LogP contribution in [-0.4, -0.2) is 26.5 Å². The molecule has 6 rings (SSSR count). The van der Waals surface area contributed by atoms with Crippen molar-refractivity contribution in [1.82, 2.24) is 9.66 Å². The molecular weight excluding hydrogens is 464 g/mol. The molecule has 0 spiro atoms. The van der Waals surface area contributed by atoms with Crippen LogP contribution < -0.4 is 10.6 Å². The number of carbonyl (C=O) groups excluding carboxylic acids is 1. The van der Waals surface area contributed by atoms with Gasteiger partial charge < -0.3 is 5.11 Å². The lowest BCUT2D eigenvalue weighted by Gasteiger charge is -2.23. The van der Waals surface area contributed by atoms with Gasteiger partial charge in [0.1, 0.15) is 11.4 Å². The lowest BCUT2D eigenvalue weighted by molar-refractivity contribution is -0.115. The van der Waals surface area contributed by atoms with E-state index in [1.54, 1.807) is 36.4 Å². The van der Waals surface area contributed by atoms with E-state index in [-0.39, 0.29) is 17.3 Å². The number of amidine groups is 1. The van der Waals surface area contributed by atoms with Crippen molar-refractivity contribution in [2.24, 2.45) is 4.99 Å². The van der Waals surface area contributed by atoms with Crippen molar-refractivity contribution in [1.29, 1.82) is 0 Å². The van der Waals surface area contributed by atoms with Gasteiger partial charge in [0.25, 0.3) is 11.5 Å². The number of rotatable bonds is 4. The number of amides is 1. The highest BCUT2D eigenvalue weighted by atomic mass is 16.3. The van der Waals surface area contributed by atoms with Crippen LogP contribution in [0.5, 0.6) is 5.75 Å². The number of phenolic OH excluding ortho intramolecular Hbond substituents is 1. The second-order valence-electron chi connectivity index (χ2n) is 8.44. The molecule has 4 aromatic carbocycles. The van der Waals surface area contributed by atoms with Gasteiger partial charge in [-0.05, 0) is 24.3 Å². The van der Waals surface area contributed by atoms with Crippen molar-refractivity contribution < 1.29 is 9.90 Å². The largest absolute Gasteiger partial charge is 0.507 e. The second kappa shape index (κ2) is 9.05. The third-order valence-corrected chi connectivity index (χ3v) is 6.09. The molecule has 0 radical (unpaired) electrons. The number of para-hydroxylation sites is 2. The number of hydrogen-bond acceptors (Lipinski definition) is 5. The Morgan fingerprint density at radius 1 is 0.703 bits per heavy atom. The van der Waals surface area contributed by atoms with Gasteiger partial charge in [-0.25, -0.2) is 9.98 Å². The van der Waals surface area contributed by atoms with Gasteiger partial charge in [0, 0.05) is 16.7 Å². The fourth-order valence-corrected chi connectivity index (χ4v) is 4.31. The smallest absolute Gasteiger partial charge is 0.297 e. The molecule has 1 amide bonds. The summed E-state index contributed by atoms with van der Waals surface area (Å²) in [5.41, 5.74) is 1.97. The lowest BCUT2D eigenvalue weighted by Crippen LogP contribution is -2.49. The zero-order valence-corrected chi connectivity index (χ0v) is 19.5. The molecule has 178 valence electrons. The molecular formula is C30H20N4O3. The van der Waals surface area contributed by atoms with E-state index in [4.69, 9.17) is 4.98 Å². The van der Waals surface area contributed by atoms with Crippen molar-refractivity contribution >= 4 is 28.7 Å². The van der Waals surface area contributed by atoms with Crippen molar-refractivity contribution in [2.45, 2.75) is 0 Å². The van der Waals surface area contributed by atoms with E-state index in [9.17, 15) is 14.7 Å². The maximum Gasteiger partial charge on any atom is 0.297 e. The minimum Gasteiger partial charge on any atom is -0.507 e. The minimum absolute atomic E-state index is 0.0206. The number of aromatic nitrogens is 2. The van der Waals surface area contributed by atoms with Gasteiger partial charge in [-0.3, -0.25) is 9.59 Å². The fraction of sp³-hybridized carbons (Fsp3) is 0. The number of phenols is 1. The highest BCUT2D eigenvalue weighted by molar-refractivity contribution is 6.29. The van der Waals surface area contributed by atoms with Gasteiger partial charge in [0.15, 0.2) is 11.7 Å². The first kappa shape index (κ1) is 22.2. The summed E-state index contributed by atoms with van der Waals surface area (Å²) in [5, 5.41) is 11.9. The highest BCUT2D eigenvalue weighted by Gasteiger charge is 2.35. The molecule has 37 heavy (non-hydrogen) atoms. The Hall–Kier alpha value is -5.30. The average molecular weight is 485 g/mol. The van der Waals surface area contributed by atoms with E-state index in [1.807, 2.05) is 66.7 Å². The van der Waals surface area contributed by atoms with Crippen LogP contribution >= 0.6 is 0 Å². The molecule has 7 heteroatoms. The van der Waals surface area contributed by atoms with Crippen molar-refractivity contribution in [3.05, 3.63) is 136 Å². The first-order chi connectivity index (χ1) is 18.1. The summed E-state index contributed by atoms with van der Waals surface area (Å²) in [6.45, 7) is 0. The van der Waals surface area contributed by atoms with Crippen molar-refractivity contribution in [2.75, 3.05) is 5.01 Å². The SMILES string of the molecule is O=C1/C(=C\c2ccccc2O)N=C(c2ccccc2)N1n1c(-c2ccccc2)nc2ccccc2c1=O. The summed E-state index contributed by atoms with van der Waals surface area (Å²) in [4.78, 5) is 37.4. The quantitative estimate of drug-likeness (QED) is 0.374. The summed E-state index contributed by atoms with van der Waals surface area (Å²) in [5.74, 6) is 0.0967. The third kappa shape index (κ3) is 3.88. The molecule has 0 fully saturated rings. The summed E-state index contributed by atoms with van der Waals surface area (Å²) < 4.78 is 1.29. The topological polar surface area (TPSA) is 87.8 Å². The van der Waals surface area contributed by atoms with Crippen LogP contribution in [0.1, 0.15) is 11.1 Å². The molecule has 7 nitrogen and oxygen atoms in total. The molecule has 0 saturated heterocycles. The summed E-state index contributed by atoms with van der Waals surface area (Å²) in [7, 11) is 0. The molecule has 1 aromatic heterocycles. The Morgan fingerprint density at radius 2 is 1.32 bits per heavy atom. The lowest BCUT2D eigenvalue weighted by atomic mass is 10.1. The molecule has 1 N–H and O–H groups in total. The van der Waals surface area contributed by atoms with Gasteiger partial charge in [-0.2, -0.15) is 9.69 Å². The average Bonchev–Trinajstić information content (AvgIpc) is 3.26. The van der Waals surface area contributed by atoms with Crippen LogP contribution in [0.2, 0.25) is 0 Å². The Morgan fingerprint density at radius 3 is 2.05 bits per heavy atom. The van der Waals surface area contributed by atoms with Crippen LogP contribution in [-0.2, 0) is 4.79 Å². The predicted octanol–water partition coefficient (Wildman–Crippen LogP) is 4.74. The normalized spacial score (nSPS) is 14.4. The molecule has 1 aliphatic heterocycles. The molecule has 1 aliphatic rings. The summed E-state index contributed by atoms with van der Waals surface area (Å²) in [6, 6.07) is 32.2. The molecule has 0 atom stereocenters. The Kier molecular flexibility index (Phi) is 5.43. The molecule has 5 aromatic rings. The number of benzene rings is 4. The number of fused-ring (bicyclic) bond motifs is 1. The summed E-state index contributed by atoms with van der Waals surface area (Å²) >= 11 is 0. The maximum atomic E-state index is 14.0. The van der Waals surface area contributed by atoms with Crippen molar-refractivity contribution in [3.8, 4) is 17.1 Å². The second-order valence-corrected chi connectivity index (χ2v) is 8.44. The fourth-order valence-electron chi connectivity index (χ4n) is 4.31. The Balaban J connectivity index is 1.64. The van der Waals surface area contributed by atoms with Gasteiger partial charge in [0.2, 0.25) is 0 Å². The number of nitrogens with zero attached hydrogens (tertiary/aromatic N) is 4. The molecule has 0 saturated carbocycles. The minimum atomic E-state index is -0.515. The molecule has 0 aliphatic carbocycles. The Labute approximate surface area is 211 Å². The van der Waals surface area contributed by atoms with Crippen LogP contribution in [0, 0.1) is 0 Å². The number of carbonyl (C=O) groups is 1. The van der Waals surface area contributed by atoms with E-state index in [1.165, 1.54) is 21.8 Å². The van der Waals surface area contributed by atoms with E-state index < -0.39 is 11.5 Å². The molecule has 2 heterocycles. The van der Waals surface area contributed by atoms with E-state index in [2.05, 4.69) is 4.99 Å². The van der Waals surface area contributed by atoms with Gasteiger partial charge in [-0.15, -0.1) is 0 Å². The zero-order chi connectivity index (χ0) is 25.4. The number of hydrogen-bond donors (Lipinski definition) is 1. The van der Waals surface area contributed by atoms with Gasteiger partial charge in [0.05, 0.1) is 10.9 Å². The van der Waals surface area contributed by atoms with E-state index in [0.717, 1.165) is 0 Å².